The summed E-state index contributed by atoms with van der Waals surface area (Å²) in [5.74, 6) is -1.67. The molecule has 2 amide bonds. The quantitative estimate of drug-likeness (QED) is 0.792. The van der Waals surface area contributed by atoms with Gasteiger partial charge in [-0.05, 0) is 36.2 Å². The first-order valence-electron chi connectivity index (χ1n) is 7.52. The lowest BCUT2D eigenvalue weighted by molar-refractivity contribution is 0.206. The van der Waals surface area contributed by atoms with Gasteiger partial charge in [-0.15, -0.1) is 0 Å². The number of carbonyl (C=O) groups is 1. The highest BCUT2D eigenvalue weighted by Gasteiger charge is 2.08. The van der Waals surface area contributed by atoms with Gasteiger partial charge in [0.15, 0.2) is 11.6 Å². The molecule has 5 nitrogen and oxygen atoms in total. The fourth-order valence-corrected chi connectivity index (χ4v) is 1.98. The van der Waals surface area contributed by atoms with Crippen molar-refractivity contribution in [3.05, 3.63) is 59.9 Å². The number of ether oxygens (including phenoxy) is 1. The zero-order valence-corrected chi connectivity index (χ0v) is 13.3. The molecule has 1 aromatic carbocycles. The molecular weight excluding hydrogens is 316 g/mol. The highest BCUT2D eigenvalue weighted by atomic mass is 19.2. The van der Waals surface area contributed by atoms with E-state index in [0.29, 0.717) is 6.54 Å². The van der Waals surface area contributed by atoms with Crippen LogP contribution in [0.4, 0.5) is 13.6 Å². The molecule has 0 saturated carbocycles. The van der Waals surface area contributed by atoms with Gasteiger partial charge in [-0.3, -0.25) is 4.98 Å². The van der Waals surface area contributed by atoms with Crippen LogP contribution in [0.25, 0.3) is 0 Å². The Balaban J connectivity index is 1.66. The molecule has 2 aromatic rings. The van der Waals surface area contributed by atoms with Crippen LogP contribution in [0, 0.1) is 11.6 Å². The van der Waals surface area contributed by atoms with E-state index < -0.39 is 11.6 Å². The van der Waals surface area contributed by atoms with Crippen molar-refractivity contribution in [2.24, 2.45) is 0 Å². The van der Waals surface area contributed by atoms with Crippen LogP contribution in [-0.2, 0) is 6.42 Å². The fraction of sp³-hybridized carbons (Fsp3) is 0.294. The maximum atomic E-state index is 13.0. The van der Waals surface area contributed by atoms with Gasteiger partial charge in [0, 0.05) is 32.1 Å². The number of benzene rings is 1. The van der Waals surface area contributed by atoms with Gasteiger partial charge < -0.3 is 15.0 Å². The Morgan fingerprint density at radius 3 is 2.67 bits per heavy atom. The Kier molecular flexibility index (Phi) is 6.48. The number of amides is 2. The predicted octanol–water partition coefficient (Wildman–Crippen LogP) is 2.62. The van der Waals surface area contributed by atoms with Crippen molar-refractivity contribution < 1.29 is 18.3 Å². The second-order valence-electron chi connectivity index (χ2n) is 5.18. The summed E-state index contributed by atoms with van der Waals surface area (Å²) in [7, 11) is 1.70. The van der Waals surface area contributed by atoms with Crippen LogP contribution in [0.5, 0.6) is 5.75 Å². The van der Waals surface area contributed by atoms with Gasteiger partial charge in [-0.2, -0.15) is 0 Å². The molecule has 0 fully saturated rings. The van der Waals surface area contributed by atoms with Gasteiger partial charge in [0.2, 0.25) is 0 Å². The molecular formula is C17H19F2N3O2. The van der Waals surface area contributed by atoms with Crippen molar-refractivity contribution in [3.63, 3.8) is 0 Å². The highest BCUT2D eigenvalue weighted by Crippen LogP contribution is 2.14. The molecule has 0 atom stereocenters. The maximum absolute atomic E-state index is 13.0. The van der Waals surface area contributed by atoms with E-state index >= 15 is 0 Å². The summed E-state index contributed by atoms with van der Waals surface area (Å²) in [6, 6.07) is 6.89. The molecule has 24 heavy (non-hydrogen) atoms. The molecule has 128 valence electrons. The molecule has 0 aliphatic carbocycles. The Bertz CT molecular complexity index is 668. The van der Waals surface area contributed by atoms with E-state index in [1.165, 1.54) is 6.07 Å². The fourth-order valence-electron chi connectivity index (χ4n) is 1.98. The van der Waals surface area contributed by atoms with Crippen LogP contribution in [0.3, 0.4) is 0 Å². The third kappa shape index (κ3) is 5.49. The largest absolute Gasteiger partial charge is 0.492 e. The monoisotopic (exact) mass is 335 g/mol. The highest BCUT2D eigenvalue weighted by molar-refractivity contribution is 5.73. The predicted molar refractivity (Wildman–Crippen MR) is 85.8 cm³/mol. The van der Waals surface area contributed by atoms with Gasteiger partial charge in [0.05, 0.1) is 6.54 Å². The Morgan fingerprint density at radius 2 is 1.96 bits per heavy atom. The summed E-state index contributed by atoms with van der Waals surface area (Å²) in [5, 5.41) is 2.70. The van der Waals surface area contributed by atoms with Crippen LogP contribution in [0.1, 0.15) is 5.56 Å². The SMILES string of the molecule is CN(CCc1ccncc1)C(=O)NCCOc1ccc(F)c(F)c1. The lowest BCUT2D eigenvalue weighted by Gasteiger charge is -2.18. The second kappa shape index (κ2) is 8.81. The van der Waals surface area contributed by atoms with Gasteiger partial charge in [0.1, 0.15) is 12.4 Å². The van der Waals surface area contributed by atoms with Crippen LogP contribution < -0.4 is 10.1 Å². The first-order valence-corrected chi connectivity index (χ1v) is 7.52. The van der Waals surface area contributed by atoms with Gasteiger partial charge in [0.25, 0.3) is 0 Å². The minimum atomic E-state index is -0.965. The van der Waals surface area contributed by atoms with Crippen LogP contribution in [0.2, 0.25) is 0 Å². The molecule has 0 aliphatic rings. The van der Waals surface area contributed by atoms with Crippen molar-refractivity contribution in [2.75, 3.05) is 26.7 Å². The maximum Gasteiger partial charge on any atom is 0.317 e. The van der Waals surface area contributed by atoms with E-state index in [-0.39, 0.29) is 24.9 Å². The second-order valence-corrected chi connectivity index (χ2v) is 5.18. The number of rotatable bonds is 7. The van der Waals surface area contributed by atoms with Gasteiger partial charge in [-0.1, -0.05) is 0 Å². The molecule has 0 saturated heterocycles. The van der Waals surface area contributed by atoms with Crippen LogP contribution in [0.15, 0.2) is 42.7 Å². The number of aromatic nitrogens is 1. The van der Waals surface area contributed by atoms with Crippen LogP contribution in [-0.4, -0.2) is 42.7 Å². The number of hydrogen-bond acceptors (Lipinski definition) is 3. The summed E-state index contributed by atoms with van der Waals surface area (Å²) in [6.07, 6.45) is 4.16. The van der Waals surface area contributed by atoms with Crippen molar-refractivity contribution in [3.8, 4) is 5.75 Å². The van der Waals surface area contributed by atoms with Gasteiger partial charge in [-0.25, -0.2) is 13.6 Å². The van der Waals surface area contributed by atoms with E-state index in [0.717, 1.165) is 24.1 Å². The molecule has 0 aliphatic heterocycles. The molecule has 1 aromatic heterocycles. The average Bonchev–Trinajstić information content (AvgIpc) is 2.60. The third-order valence-electron chi connectivity index (χ3n) is 3.37. The number of hydrogen-bond donors (Lipinski definition) is 1. The van der Waals surface area contributed by atoms with Crippen LogP contribution >= 0.6 is 0 Å². The smallest absolute Gasteiger partial charge is 0.317 e. The summed E-state index contributed by atoms with van der Waals surface area (Å²) >= 11 is 0. The zero-order valence-electron chi connectivity index (χ0n) is 13.3. The minimum Gasteiger partial charge on any atom is -0.492 e. The van der Waals surface area contributed by atoms with E-state index in [9.17, 15) is 13.6 Å². The zero-order chi connectivity index (χ0) is 17.4. The van der Waals surface area contributed by atoms with Crippen molar-refractivity contribution in [1.82, 2.24) is 15.2 Å². The summed E-state index contributed by atoms with van der Waals surface area (Å²) in [4.78, 5) is 17.4. The molecule has 0 unspecified atom stereocenters. The Morgan fingerprint density at radius 1 is 1.21 bits per heavy atom. The normalized spacial score (nSPS) is 10.3. The Hall–Kier alpha value is -2.70. The molecule has 2 rings (SSSR count). The first kappa shape index (κ1) is 17.7. The molecule has 0 bridgehead atoms. The summed E-state index contributed by atoms with van der Waals surface area (Å²) in [6.45, 7) is 0.992. The van der Waals surface area contributed by atoms with Crippen molar-refractivity contribution in [1.29, 1.82) is 0 Å². The van der Waals surface area contributed by atoms with Crippen molar-refractivity contribution >= 4 is 6.03 Å². The van der Waals surface area contributed by atoms with Crippen molar-refractivity contribution in [2.45, 2.75) is 6.42 Å². The topological polar surface area (TPSA) is 54.5 Å². The number of nitrogens with zero attached hydrogens (tertiary/aromatic N) is 2. The number of urea groups is 1. The number of halogens is 2. The minimum absolute atomic E-state index is 0.162. The molecule has 1 heterocycles. The number of carbonyl (C=O) groups excluding carboxylic acids is 1. The first-order chi connectivity index (χ1) is 11.6. The standard InChI is InChI=1S/C17H19F2N3O2/c1-22(10-6-13-4-7-20-8-5-13)17(23)21-9-11-24-14-2-3-15(18)16(19)12-14/h2-5,7-8,12H,6,9-11H2,1H3,(H,21,23). The lowest BCUT2D eigenvalue weighted by atomic mass is 10.2. The molecule has 0 radical (unpaired) electrons. The summed E-state index contributed by atoms with van der Waals surface area (Å²) in [5.41, 5.74) is 1.10. The van der Waals surface area contributed by atoms with E-state index in [1.54, 1.807) is 24.3 Å². The van der Waals surface area contributed by atoms with E-state index in [1.807, 2.05) is 12.1 Å². The third-order valence-corrected chi connectivity index (χ3v) is 3.37. The van der Waals surface area contributed by atoms with E-state index in [2.05, 4.69) is 10.3 Å². The molecule has 0 spiro atoms. The molecule has 1 N–H and O–H groups in total. The molecule has 7 heteroatoms. The van der Waals surface area contributed by atoms with E-state index in [4.69, 9.17) is 4.74 Å². The number of pyridine rings is 1. The van der Waals surface area contributed by atoms with Gasteiger partial charge >= 0.3 is 6.03 Å². The number of likely N-dealkylation sites (N-methyl/N-ethyl adjacent to an activating group) is 1. The average molecular weight is 335 g/mol. The Labute approximate surface area is 139 Å². The number of nitrogens with one attached hydrogen (secondary N) is 1. The lowest BCUT2D eigenvalue weighted by Crippen LogP contribution is -2.40. The summed E-state index contributed by atoms with van der Waals surface area (Å²) < 4.78 is 31.0.